The average molecular weight is 439 g/mol. The van der Waals surface area contributed by atoms with Crippen LogP contribution in [0.15, 0.2) is 29.1 Å². The number of ether oxygens (including phenoxy) is 1. The fourth-order valence-corrected chi connectivity index (χ4v) is 4.86. The van der Waals surface area contributed by atoms with Crippen LogP contribution in [0.3, 0.4) is 0 Å². The molecule has 0 bridgehead atoms. The Morgan fingerprint density at radius 2 is 2.09 bits per heavy atom. The van der Waals surface area contributed by atoms with E-state index in [1.807, 2.05) is 18.2 Å². The van der Waals surface area contributed by atoms with E-state index in [4.69, 9.17) is 4.74 Å². The van der Waals surface area contributed by atoms with Crippen LogP contribution in [-0.2, 0) is 17.7 Å². The van der Waals surface area contributed by atoms with Crippen LogP contribution in [0.25, 0.3) is 10.9 Å². The zero-order valence-electron chi connectivity index (χ0n) is 18.4. The number of nitrogens with one attached hydrogen (secondary N) is 1. The fraction of sp³-hybridized carbons (Fsp3) is 0.565. The highest BCUT2D eigenvalue weighted by Crippen LogP contribution is 2.30. The summed E-state index contributed by atoms with van der Waals surface area (Å²) in [6.07, 6.45) is 4.05. The molecule has 5 rings (SSSR count). The maximum atomic E-state index is 13.3. The molecule has 2 fully saturated rings. The van der Waals surface area contributed by atoms with E-state index in [2.05, 4.69) is 38.4 Å². The van der Waals surface area contributed by atoms with Crippen molar-refractivity contribution in [2.45, 2.75) is 63.8 Å². The van der Waals surface area contributed by atoms with Crippen LogP contribution in [0.2, 0.25) is 0 Å². The number of piperidine rings is 1. The summed E-state index contributed by atoms with van der Waals surface area (Å²) in [4.78, 5) is 18.5. The minimum atomic E-state index is -0.391. The van der Waals surface area contributed by atoms with Gasteiger partial charge < -0.3 is 14.8 Å². The van der Waals surface area contributed by atoms with Crippen LogP contribution in [0, 0.1) is 0 Å². The highest BCUT2D eigenvalue weighted by molar-refractivity contribution is 5.80. The van der Waals surface area contributed by atoms with E-state index < -0.39 is 6.04 Å². The number of aliphatic hydroxyl groups is 1. The monoisotopic (exact) mass is 438 g/mol. The molecule has 2 saturated heterocycles. The smallest absolute Gasteiger partial charge is 0.253 e. The third-order valence-electron chi connectivity index (χ3n) is 6.71. The number of pyridine rings is 1. The number of nitrogens with zero attached hydrogens (tertiary/aromatic N) is 5. The minimum absolute atomic E-state index is 0.0862. The van der Waals surface area contributed by atoms with Crippen LogP contribution in [0.4, 0.5) is 0 Å². The van der Waals surface area contributed by atoms with Crippen molar-refractivity contribution in [3.05, 3.63) is 51.6 Å². The van der Waals surface area contributed by atoms with E-state index in [1.165, 1.54) is 5.56 Å². The first-order chi connectivity index (χ1) is 15.6. The largest absolute Gasteiger partial charge is 0.393 e. The third kappa shape index (κ3) is 4.20. The van der Waals surface area contributed by atoms with Gasteiger partial charge >= 0.3 is 0 Å². The molecule has 32 heavy (non-hydrogen) atoms. The van der Waals surface area contributed by atoms with E-state index in [9.17, 15) is 9.90 Å². The van der Waals surface area contributed by atoms with Crippen molar-refractivity contribution in [3.63, 3.8) is 0 Å². The molecule has 2 atom stereocenters. The Morgan fingerprint density at radius 3 is 2.84 bits per heavy atom. The number of H-pyrrole nitrogens is 1. The number of rotatable bonds is 6. The van der Waals surface area contributed by atoms with Crippen LogP contribution in [0.1, 0.15) is 55.6 Å². The van der Waals surface area contributed by atoms with Crippen LogP contribution in [-0.4, -0.2) is 67.1 Å². The molecule has 3 aromatic rings. The molecule has 4 heterocycles. The van der Waals surface area contributed by atoms with E-state index in [1.54, 1.807) is 4.68 Å². The Kier molecular flexibility index (Phi) is 6.03. The normalized spacial score (nSPS) is 21.4. The lowest BCUT2D eigenvalue weighted by atomic mass is 9.98. The Morgan fingerprint density at radius 1 is 1.25 bits per heavy atom. The van der Waals surface area contributed by atoms with Crippen LogP contribution < -0.4 is 5.56 Å². The van der Waals surface area contributed by atoms with Crippen molar-refractivity contribution in [2.24, 2.45) is 0 Å². The summed E-state index contributed by atoms with van der Waals surface area (Å²) < 4.78 is 7.59. The number of aromatic nitrogens is 5. The summed E-state index contributed by atoms with van der Waals surface area (Å²) >= 11 is 0. The standard InChI is InChI=1S/C23H30N6O3/c1-2-15-5-6-20-16(12-15)13-19(23(31)24-20)21(28-9-7-17(30)8-10-28)22-25-26-27-29(22)14-18-4-3-11-32-18/h5-6,12-13,17-18,21,30H,2-4,7-11,14H2,1H3,(H,24,31)/t18-,21+/m1/s1. The summed E-state index contributed by atoms with van der Waals surface area (Å²) in [7, 11) is 0. The molecule has 0 amide bonds. The first kappa shape index (κ1) is 21.2. The molecule has 0 aliphatic carbocycles. The van der Waals surface area contributed by atoms with Gasteiger partial charge in [-0.1, -0.05) is 13.0 Å². The fourth-order valence-electron chi connectivity index (χ4n) is 4.86. The van der Waals surface area contributed by atoms with E-state index >= 15 is 0 Å². The van der Waals surface area contributed by atoms with Crippen molar-refractivity contribution < 1.29 is 9.84 Å². The predicted octanol–water partition coefficient (Wildman–Crippen LogP) is 1.80. The summed E-state index contributed by atoms with van der Waals surface area (Å²) in [6.45, 7) is 4.80. The number of tetrazole rings is 1. The van der Waals surface area contributed by atoms with Gasteiger partial charge in [0.2, 0.25) is 0 Å². The highest BCUT2D eigenvalue weighted by atomic mass is 16.5. The molecular weight excluding hydrogens is 408 g/mol. The second kappa shape index (κ2) is 9.09. The lowest BCUT2D eigenvalue weighted by Gasteiger charge is -2.35. The molecule has 9 nitrogen and oxygen atoms in total. The second-order valence-corrected chi connectivity index (χ2v) is 8.85. The lowest BCUT2D eigenvalue weighted by molar-refractivity contribution is 0.0632. The molecule has 2 aliphatic rings. The zero-order valence-corrected chi connectivity index (χ0v) is 18.4. The maximum Gasteiger partial charge on any atom is 0.253 e. The quantitative estimate of drug-likeness (QED) is 0.604. The van der Waals surface area contributed by atoms with E-state index in [-0.39, 0.29) is 17.8 Å². The van der Waals surface area contributed by atoms with Gasteiger partial charge in [-0.15, -0.1) is 5.10 Å². The van der Waals surface area contributed by atoms with Crippen molar-refractivity contribution in [1.29, 1.82) is 0 Å². The van der Waals surface area contributed by atoms with Crippen molar-refractivity contribution in [2.75, 3.05) is 19.7 Å². The van der Waals surface area contributed by atoms with Crippen molar-refractivity contribution >= 4 is 10.9 Å². The summed E-state index contributed by atoms with van der Waals surface area (Å²) in [5.74, 6) is 0.647. The molecule has 2 aromatic heterocycles. The number of aliphatic hydroxyl groups excluding tert-OH is 1. The molecule has 0 unspecified atom stereocenters. The molecule has 170 valence electrons. The summed E-state index contributed by atoms with van der Waals surface area (Å²) in [5.41, 5.74) is 2.54. The first-order valence-electron chi connectivity index (χ1n) is 11.6. The van der Waals surface area contributed by atoms with Crippen LogP contribution >= 0.6 is 0 Å². The first-order valence-corrected chi connectivity index (χ1v) is 11.6. The number of benzene rings is 1. The van der Waals surface area contributed by atoms with Gasteiger partial charge in [-0.2, -0.15) is 0 Å². The molecule has 0 saturated carbocycles. The van der Waals surface area contributed by atoms with Gasteiger partial charge in [0.15, 0.2) is 5.82 Å². The number of fused-ring (bicyclic) bond motifs is 1. The Labute approximate surface area is 186 Å². The SMILES string of the molecule is CCc1ccc2[nH]c(=O)c([C@@H](c3nnnn3C[C@H]3CCCO3)N3CCC(O)CC3)cc2c1. The maximum absolute atomic E-state index is 13.3. The number of likely N-dealkylation sites (tertiary alicyclic amines) is 1. The Balaban J connectivity index is 1.59. The third-order valence-corrected chi connectivity index (χ3v) is 6.71. The number of aromatic amines is 1. The molecule has 2 aliphatic heterocycles. The molecule has 0 radical (unpaired) electrons. The molecule has 9 heteroatoms. The number of hydrogen-bond acceptors (Lipinski definition) is 7. The minimum Gasteiger partial charge on any atom is -0.393 e. The van der Waals surface area contributed by atoms with Gasteiger partial charge in [-0.25, -0.2) is 4.68 Å². The molecule has 1 aromatic carbocycles. The highest BCUT2D eigenvalue weighted by Gasteiger charge is 2.33. The Hall–Kier alpha value is -2.62. The average Bonchev–Trinajstić information content (AvgIpc) is 3.48. The summed E-state index contributed by atoms with van der Waals surface area (Å²) in [5, 5.41) is 23.6. The number of hydrogen-bond donors (Lipinski definition) is 2. The second-order valence-electron chi connectivity index (χ2n) is 8.85. The van der Waals surface area contributed by atoms with Crippen LogP contribution in [0.5, 0.6) is 0 Å². The van der Waals surface area contributed by atoms with Gasteiger partial charge in [-0.3, -0.25) is 9.69 Å². The topological polar surface area (TPSA) is 109 Å². The molecular formula is C23H30N6O3. The Bertz CT molecular complexity index is 1130. The van der Waals surface area contributed by atoms with E-state index in [0.29, 0.717) is 43.9 Å². The van der Waals surface area contributed by atoms with Gasteiger partial charge in [0.25, 0.3) is 5.56 Å². The predicted molar refractivity (Wildman–Crippen MR) is 119 cm³/mol. The van der Waals surface area contributed by atoms with Gasteiger partial charge in [0.1, 0.15) is 6.04 Å². The summed E-state index contributed by atoms with van der Waals surface area (Å²) in [6, 6.07) is 7.73. The van der Waals surface area contributed by atoms with E-state index in [0.717, 1.165) is 36.8 Å². The van der Waals surface area contributed by atoms with Gasteiger partial charge in [-0.05, 0) is 71.7 Å². The molecule has 2 N–H and O–H groups in total. The number of aryl methyl sites for hydroxylation is 1. The van der Waals surface area contributed by atoms with Crippen molar-refractivity contribution in [3.8, 4) is 0 Å². The van der Waals surface area contributed by atoms with Crippen molar-refractivity contribution in [1.82, 2.24) is 30.1 Å². The molecule has 0 spiro atoms. The van der Waals surface area contributed by atoms with Gasteiger partial charge in [0, 0.05) is 30.8 Å². The lowest BCUT2D eigenvalue weighted by Crippen LogP contribution is -2.42. The van der Waals surface area contributed by atoms with Gasteiger partial charge in [0.05, 0.1) is 18.8 Å². The zero-order chi connectivity index (χ0) is 22.1.